The maximum atomic E-state index is 10.1. The van der Waals surface area contributed by atoms with Crippen LogP contribution in [0.5, 0.6) is 11.5 Å². The first-order chi connectivity index (χ1) is 8.27. The fourth-order valence-corrected chi connectivity index (χ4v) is 1.99. The summed E-state index contributed by atoms with van der Waals surface area (Å²) in [5.41, 5.74) is 1.59. The molecule has 1 aliphatic heterocycles. The Hall–Kier alpha value is -1.30. The van der Waals surface area contributed by atoms with Gasteiger partial charge in [0.1, 0.15) is 11.5 Å². The van der Waals surface area contributed by atoms with Crippen LogP contribution in [-0.2, 0) is 11.3 Å². The number of ether oxygens (including phenoxy) is 3. The Labute approximate surface area is 100 Å². The lowest BCUT2D eigenvalue weighted by Gasteiger charge is -2.24. The molecule has 0 aromatic heterocycles. The van der Waals surface area contributed by atoms with E-state index in [-0.39, 0.29) is 6.79 Å². The second kappa shape index (κ2) is 5.35. The van der Waals surface area contributed by atoms with Crippen molar-refractivity contribution in [2.45, 2.75) is 12.7 Å². The summed E-state index contributed by atoms with van der Waals surface area (Å²) in [5.74, 6) is 1.41. The van der Waals surface area contributed by atoms with Gasteiger partial charge in [-0.15, -0.1) is 0 Å². The van der Waals surface area contributed by atoms with Crippen LogP contribution < -0.4 is 14.8 Å². The van der Waals surface area contributed by atoms with Crippen LogP contribution in [0.1, 0.15) is 17.2 Å². The maximum Gasteiger partial charge on any atom is 0.189 e. The quantitative estimate of drug-likeness (QED) is 0.814. The van der Waals surface area contributed by atoms with Crippen LogP contribution in [0.4, 0.5) is 0 Å². The first-order valence-electron chi connectivity index (χ1n) is 5.51. The molecule has 2 rings (SSSR count). The number of hydrogen-bond donors (Lipinski definition) is 2. The van der Waals surface area contributed by atoms with Crippen molar-refractivity contribution in [2.75, 3.05) is 27.5 Å². The molecule has 1 aromatic carbocycles. The van der Waals surface area contributed by atoms with Crippen LogP contribution >= 0.6 is 0 Å². The van der Waals surface area contributed by atoms with Gasteiger partial charge < -0.3 is 24.6 Å². The zero-order valence-electron chi connectivity index (χ0n) is 10.0. The van der Waals surface area contributed by atoms with Crippen molar-refractivity contribution < 1.29 is 19.3 Å². The van der Waals surface area contributed by atoms with Crippen molar-refractivity contribution in [2.24, 2.45) is 0 Å². The fraction of sp³-hybridized carbons (Fsp3) is 0.500. The number of benzene rings is 1. The number of aliphatic hydroxyl groups excluding tert-OH is 1. The second-order valence-electron chi connectivity index (χ2n) is 3.84. The van der Waals surface area contributed by atoms with Gasteiger partial charge in [-0.05, 0) is 19.2 Å². The lowest BCUT2D eigenvalue weighted by atomic mass is 10.00. The Morgan fingerprint density at radius 1 is 1.53 bits per heavy atom. The number of aliphatic hydroxyl groups is 1. The Morgan fingerprint density at radius 3 is 3.06 bits per heavy atom. The van der Waals surface area contributed by atoms with Gasteiger partial charge in [-0.25, -0.2) is 0 Å². The van der Waals surface area contributed by atoms with Gasteiger partial charge >= 0.3 is 0 Å². The summed E-state index contributed by atoms with van der Waals surface area (Å²) in [6.45, 7) is 1.14. The Balaban J connectivity index is 2.44. The van der Waals surface area contributed by atoms with E-state index >= 15 is 0 Å². The van der Waals surface area contributed by atoms with E-state index in [2.05, 4.69) is 5.32 Å². The minimum atomic E-state index is -0.643. The molecule has 0 saturated carbocycles. The largest absolute Gasteiger partial charge is 0.496 e. The van der Waals surface area contributed by atoms with E-state index in [0.29, 0.717) is 18.9 Å². The van der Waals surface area contributed by atoms with E-state index in [0.717, 1.165) is 16.9 Å². The molecule has 0 saturated heterocycles. The second-order valence-corrected chi connectivity index (χ2v) is 3.84. The van der Waals surface area contributed by atoms with Crippen molar-refractivity contribution in [1.29, 1.82) is 0 Å². The van der Waals surface area contributed by atoms with Crippen molar-refractivity contribution in [1.82, 2.24) is 5.32 Å². The molecule has 5 nitrogen and oxygen atoms in total. The van der Waals surface area contributed by atoms with Crippen LogP contribution in [0.3, 0.4) is 0 Å². The average Bonchev–Trinajstić information content (AvgIpc) is 2.37. The molecule has 5 heteroatoms. The molecule has 2 N–H and O–H groups in total. The molecular formula is C12H17NO4. The van der Waals surface area contributed by atoms with Gasteiger partial charge in [0.05, 0.1) is 19.8 Å². The first-order valence-corrected chi connectivity index (χ1v) is 5.51. The molecule has 1 heterocycles. The highest BCUT2D eigenvalue weighted by molar-refractivity contribution is 5.50. The third-order valence-electron chi connectivity index (χ3n) is 2.77. The smallest absolute Gasteiger partial charge is 0.189 e. The topological polar surface area (TPSA) is 60.0 Å². The molecule has 17 heavy (non-hydrogen) atoms. The summed E-state index contributed by atoms with van der Waals surface area (Å²) in [5, 5.41) is 13.1. The Kier molecular flexibility index (Phi) is 3.83. The summed E-state index contributed by atoms with van der Waals surface area (Å²) in [6.07, 6.45) is -0.643. The van der Waals surface area contributed by atoms with Crippen molar-refractivity contribution in [3.8, 4) is 11.5 Å². The number of nitrogens with one attached hydrogen (secondary N) is 1. The number of fused-ring (bicyclic) bond motifs is 1. The standard InChI is InChI=1S/C12H17NO4/c1-13-5-9(14)12-8-6-16-7-17-10(8)3-4-11(12)15-2/h3-4,9,13-14H,5-7H2,1-2H3. The minimum Gasteiger partial charge on any atom is -0.496 e. The Morgan fingerprint density at radius 2 is 2.35 bits per heavy atom. The lowest BCUT2D eigenvalue weighted by molar-refractivity contribution is -0.0182. The maximum absolute atomic E-state index is 10.1. The minimum absolute atomic E-state index is 0.251. The summed E-state index contributed by atoms with van der Waals surface area (Å²) >= 11 is 0. The number of methoxy groups -OCH3 is 1. The molecule has 1 atom stereocenters. The highest BCUT2D eigenvalue weighted by atomic mass is 16.7. The zero-order valence-corrected chi connectivity index (χ0v) is 10.0. The van der Waals surface area contributed by atoms with Crippen LogP contribution in [0.2, 0.25) is 0 Å². The first kappa shape index (κ1) is 12.2. The monoisotopic (exact) mass is 239 g/mol. The molecule has 0 radical (unpaired) electrons. The predicted molar refractivity (Wildman–Crippen MR) is 62.2 cm³/mol. The van der Waals surface area contributed by atoms with Crippen molar-refractivity contribution >= 4 is 0 Å². The van der Waals surface area contributed by atoms with E-state index in [1.165, 1.54) is 0 Å². The van der Waals surface area contributed by atoms with E-state index in [4.69, 9.17) is 14.2 Å². The lowest BCUT2D eigenvalue weighted by Crippen LogP contribution is -2.21. The van der Waals surface area contributed by atoms with E-state index in [1.807, 2.05) is 6.07 Å². The molecule has 1 aromatic rings. The van der Waals surface area contributed by atoms with Crippen LogP contribution in [0.25, 0.3) is 0 Å². The summed E-state index contributed by atoms with van der Waals surface area (Å²) < 4.78 is 15.9. The number of rotatable bonds is 4. The molecule has 0 fully saturated rings. The molecule has 0 amide bonds. The van der Waals surface area contributed by atoms with E-state index in [1.54, 1.807) is 20.2 Å². The predicted octanol–water partition coefficient (Wildman–Crippen LogP) is 0.815. The van der Waals surface area contributed by atoms with Gasteiger partial charge in [0.15, 0.2) is 6.79 Å². The molecule has 0 aliphatic carbocycles. The van der Waals surface area contributed by atoms with Gasteiger partial charge in [0.2, 0.25) is 0 Å². The van der Waals surface area contributed by atoms with Gasteiger partial charge in [-0.1, -0.05) is 0 Å². The number of hydrogen-bond acceptors (Lipinski definition) is 5. The molecule has 1 unspecified atom stereocenters. The average molecular weight is 239 g/mol. The highest BCUT2D eigenvalue weighted by Gasteiger charge is 2.23. The van der Waals surface area contributed by atoms with Gasteiger partial charge in [-0.2, -0.15) is 0 Å². The molecule has 1 aliphatic rings. The molecule has 0 bridgehead atoms. The summed E-state index contributed by atoms with van der Waals surface area (Å²) in [7, 11) is 3.37. The molecule has 0 spiro atoms. The normalized spacial score (nSPS) is 15.9. The van der Waals surface area contributed by atoms with Crippen LogP contribution in [-0.4, -0.2) is 32.6 Å². The highest BCUT2D eigenvalue weighted by Crippen LogP contribution is 2.36. The summed E-state index contributed by atoms with van der Waals surface area (Å²) in [4.78, 5) is 0. The molecule has 94 valence electrons. The SMILES string of the molecule is CNCC(O)c1c(OC)ccc2c1COCO2. The van der Waals surface area contributed by atoms with Gasteiger partial charge in [0, 0.05) is 17.7 Å². The van der Waals surface area contributed by atoms with Crippen LogP contribution in [0.15, 0.2) is 12.1 Å². The van der Waals surface area contributed by atoms with E-state index < -0.39 is 6.10 Å². The third kappa shape index (κ3) is 2.36. The third-order valence-corrected chi connectivity index (χ3v) is 2.77. The molecular weight excluding hydrogens is 222 g/mol. The van der Waals surface area contributed by atoms with Gasteiger partial charge in [-0.3, -0.25) is 0 Å². The zero-order chi connectivity index (χ0) is 12.3. The fourth-order valence-electron chi connectivity index (χ4n) is 1.99. The van der Waals surface area contributed by atoms with Crippen molar-refractivity contribution in [3.63, 3.8) is 0 Å². The van der Waals surface area contributed by atoms with Crippen LogP contribution in [0, 0.1) is 0 Å². The van der Waals surface area contributed by atoms with Crippen molar-refractivity contribution in [3.05, 3.63) is 23.3 Å². The number of likely N-dealkylation sites (N-methyl/N-ethyl adjacent to an activating group) is 1. The summed E-state index contributed by atoms with van der Waals surface area (Å²) in [6, 6.07) is 3.64. The van der Waals surface area contributed by atoms with Gasteiger partial charge in [0.25, 0.3) is 0 Å². The van der Waals surface area contributed by atoms with E-state index in [9.17, 15) is 5.11 Å². The Bertz CT molecular complexity index is 394.